The molecule has 0 aromatic heterocycles. The number of para-hydroxylation sites is 1. The van der Waals surface area contributed by atoms with Crippen molar-refractivity contribution in [3.63, 3.8) is 0 Å². The number of methoxy groups -OCH3 is 1. The molecule has 0 aliphatic carbocycles. The maximum absolute atomic E-state index is 12.0. The Morgan fingerprint density at radius 3 is 2.48 bits per heavy atom. The maximum Gasteiger partial charge on any atom is 0.220 e. The highest BCUT2D eigenvalue weighted by molar-refractivity contribution is 5.76. The van der Waals surface area contributed by atoms with Crippen molar-refractivity contribution >= 4 is 5.91 Å². The second-order valence-electron chi connectivity index (χ2n) is 5.01. The molecule has 1 N–H and O–H groups in total. The van der Waals surface area contributed by atoms with Crippen molar-refractivity contribution in [2.75, 3.05) is 7.11 Å². The first-order chi connectivity index (χ1) is 10.2. The molecule has 2 rings (SSSR count). The van der Waals surface area contributed by atoms with Gasteiger partial charge in [-0.05, 0) is 30.5 Å². The van der Waals surface area contributed by atoms with E-state index in [2.05, 4.69) is 5.32 Å². The fraction of sp³-hybridized carbons (Fsp3) is 0.278. The average molecular weight is 283 g/mol. The highest BCUT2D eigenvalue weighted by Gasteiger charge is 2.10. The number of carbonyl (C=O) groups excluding carboxylic acids is 1. The molecular formula is C18H21NO2. The zero-order valence-electron chi connectivity index (χ0n) is 12.5. The Hall–Kier alpha value is -2.29. The summed E-state index contributed by atoms with van der Waals surface area (Å²) in [4.78, 5) is 12.0. The maximum atomic E-state index is 12.0. The minimum absolute atomic E-state index is 0.0244. The van der Waals surface area contributed by atoms with Gasteiger partial charge in [-0.1, -0.05) is 48.5 Å². The third kappa shape index (κ3) is 4.35. The van der Waals surface area contributed by atoms with Crippen molar-refractivity contribution in [3.8, 4) is 5.75 Å². The van der Waals surface area contributed by atoms with Crippen LogP contribution in [0.1, 0.15) is 30.5 Å². The number of ether oxygens (including phenoxy) is 1. The van der Waals surface area contributed by atoms with Gasteiger partial charge in [-0.15, -0.1) is 0 Å². The number of aryl methyl sites for hydroxylation is 1. The van der Waals surface area contributed by atoms with Crippen molar-refractivity contribution in [2.24, 2.45) is 0 Å². The molecule has 1 atom stereocenters. The molecule has 0 fully saturated rings. The van der Waals surface area contributed by atoms with Gasteiger partial charge in [0.05, 0.1) is 13.2 Å². The SMILES string of the molecule is COc1ccccc1CCC(=O)NC(C)c1ccccc1. The standard InChI is InChI=1S/C18H21NO2/c1-14(15-8-4-3-5-9-15)19-18(20)13-12-16-10-6-7-11-17(16)21-2/h3-11,14H,12-13H2,1-2H3,(H,19,20). The molecule has 0 bridgehead atoms. The molecule has 0 saturated heterocycles. The molecule has 2 aromatic rings. The zero-order chi connectivity index (χ0) is 15.1. The van der Waals surface area contributed by atoms with Crippen LogP contribution in [0.15, 0.2) is 54.6 Å². The molecule has 0 saturated carbocycles. The van der Waals surface area contributed by atoms with Gasteiger partial charge >= 0.3 is 0 Å². The Bertz CT molecular complexity index is 581. The van der Waals surface area contributed by atoms with Crippen LogP contribution in [0.3, 0.4) is 0 Å². The number of hydrogen-bond acceptors (Lipinski definition) is 2. The quantitative estimate of drug-likeness (QED) is 0.881. The predicted molar refractivity (Wildman–Crippen MR) is 84.3 cm³/mol. The fourth-order valence-electron chi connectivity index (χ4n) is 2.30. The average Bonchev–Trinajstić information content (AvgIpc) is 2.54. The number of benzene rings is 2. The lowest BCUT2D eigenvalue weighted by molar-refractivity contribution is -0.121. The first-order valence-corrected chi connectivity index (χ1v) is 7.17. The van der Waals surface area contributed by atoms with E-state index in [1.807, 2.05) is 61.5 Å². The van der Waals surface area contributed by atoms with Crippen LogP contribution < -0.4 is 10.1 Å². The smallest absolute Gasteiger partial charge is 0.220 e. The molecule has 0 heterocycles. The lowest BCUT2D eigenvalue weighted by atomic mass is 10.1. The third-order valence-electron chi connectivity index (χ3n) is 3.49. The molecule has 1 amide bonds. The van der Waals surface area contributed by atoms with Crippen LogP contribution in [0.2, 0.25) is 0 Å². The summed E-state index contributed by atoms with van der Waals surface area (Å²) in [5.41, 5.74) is 2.17. The summed E-state index contributed by atoms with van der Waals surface area (Å²) in [6.07, 6.45) is 1.13. The first kappa shape index (κ1) is 15.1. The Kier molecular flexibility index (Phi) is 5.38. The van der Waals surface area contributed by atoms with Crippen LogP contribution in [0.4, 0.5) is 0 Å². The van der Waals surface area contributed by atoms with Crippen molar-refractivity contribution in [1.29, 1.82) is 0 Å². The molecular weight excluding hydrogens is 262 g/mol. The Balaban J connectivity index is 1.88. The van der Waals surface area contributed by atoms with Crippen LogP contribution in [0, 0.1) is 0 Å². The van der Waals surface area contributed by atoms with Crippen molar-refractivity contribution < 1.29 is 9.53 Å². The molecule has 110 valence electrons. The summed E-state index contributed by atoms with van der Waals surface area (Å²) < 4.78 is 5.30. The molecule has 1 unspecified atom stereocenters. The summed E-state index contributed by atoms with van der Waals surface area (Å²) in [7, 11) is 1.65. The largest absolute Gasteiger partial charge is 0.496 e. The molecule has 3 nitrogen and oxygen atoms in total. The van der Waals surface area contributed by atoms with Gasteiger partial charge in [0.15, 0.2) is 0 Å². The molecule has 0 radical (unpaired) electrons. The van der Waals surface area contributed by atoms with Gasteiger partial charge in [0, 0.05) is 6.42 Å². The Morgan fingerprint density at radius 2 is 1.76 bits per heavy atom. The van der Waals surface area contributed by atoms with E-state index in [1.54, 1.807) is 7.11 Å². The minimum Gasteiger partial charge on any atom is -0.496 e. The van der Waals surface area contributed by atoms with Gasteiger partial charge in [0.25, 0.3) is 0 Å². The van der Waals surface area contributed by atoms with Crippen molar-refractivity contribution in [3.05, 3.63) is 65.7 Å². The predicted octanol–water partition coefficient (Wildman–Crippen LogP) is 3.51. The van der Waals surface area contributed by atoms with E-state index < -0.39 is 0 Å². The van der Waals surface area contributed by atoms with Crippen molar-refractivity contribution in [2.45, 2.75) is 25.8 Å². The lowest BCUT2D eigenvalue weighted by Gasteiger charge is -2.14. The van der Waals surface area contributed by atoms with E-state index in [1.165, 1.54) is 0 Å². The summed E-state index contributed by atoms with van der Waals surface area (Å²) in [5, 5.41) is 3.02. The minimum atomic E-state index is 0.0244. The van der Waals surface area contributed by atoms with Crippen LogP contribution in [0.5, 0.6) is 5.75 Å². The molecule has 3 heteroatoms. The number of rotatable bonds is 6. The van der Waals surface area contributed by atoms with E-state index in [0.717, 1.165) is 16.9 Å². The molecule has 21 heavy (non-hydrogen) atoms. The van der Waals surface area contributed by atoms with Crippen molar-refractivity contribution in [1.82, 2.24) is 5.32 Å². The van der Waals surface area contributed by atoms with Crippen LogP contribution in [-0.2, 0) is 11.2 Å². The van der Waals surface area contributed by atoms with Gasteiger partial charge in [-0.3, -0.25) is 4.79 Å². The van der Waals surface area contributed by atoms with Gasteiger partial charge in [0.1, 0.15) is 5.75 Å². The zero-order valence-corrected chi connectivity index (χ0v) is 12.5. The van der Waals surface area contributed by atoms with E-state index in [9.17, 15) is 4.79 Å². The summed E-state index contributed by atoms with van der Waals surface area (Å²) in [6.45, 7) is 2.00. The number of nitrogens with one attached hydrogen (secondary N) is 1. The summed E-state index contributed by atoms with van der Waals surface area (Å²) in [5.74, 6) is 0.888. The van der Waals surface area contributed by atoms with Gasteiger partial charge < -0.3 is 10.1 Å². The second kappa shape index (κ2) is 7.48. The number of hydrogen-bond donors (Lipinski definition) is 1. The highest BCUT2D eigenvalue weighted by Crippen LogP contribution is 2.19. The van der Waals surface area contributed by atoms with E-state index in [-0.39, 0.29) is 11.9 Å². The molecule has 0 spiro atoms. The monoisotopic (exact) mass is 283 g/mol. The normalized spacial score (nSPS) is 11.7. The summed E-state index contributed by atoms with van der Waals surface area (Å²) in [6, 6.07) is 17.8. The van der Waals surface area contributed by atoms with Crippen LogP contribution in [-0.4, -0.2) is 13.0 Å². The van der Waals surface area contributed by atoms with E-state index in [0.29, 0.717) is 12.8 Å². The third-order valence-corrected chi connectivity index (χ3v) is 3.49. The van der Waals surface area contributed by atoms with Gasteiger partial charge in [-0.2, -0.15) is 0 Å². The van der Waals surface area contributed by atoms with Crippen LogP contribution >= 0.6 is 0 Å². The lowest BCUT2D eigenvalue weighted by Crippen LogP contribution is -2.26. The van der Waals surface area contributed by atoms with E-state index >= 15 is 0 Å². The Labute approximate surface area is 126 Å². The second-order valence-corrected chi connectivity index (χ2v) is 5.01. The highest BCUT2D eigenvalue weighted by atomic mass is 16.5. The van der Waals surface area contributed by atoms with Gasteiger partial charge in [0.2, 0.25) is 5.91 Å². The topological polar surface area (TPSA) is 38.3 Å². The molecule has 2 aromatic carbocycles. The van der Waals surface area contributed by atoms with E-state index in [4.69, 9.17) is 4.74 Å². The van der Waals surface area contributed by atoms with Gasteiger partial charge in [-0.25, -0.2) is 0 Å². The fourth-order valence-corrected chi connectivity index (χ4v) is 2.30. The molecule has 0 aliphatic rings. The first-order valence-electron chi connectivity index (χ1n) is 7.17. The Morgan fingerprint density at radius 1 is 1.10 bits per heavy atom. The number of carbonyl (C=O) groups is 1. The summed E-state index contributed by atoms with van der Waals surface area (Å²) >= 11 is 0. The molecule has 0 aliphatic heterocycles. The van der Waals surface area contributed by atoms with Crippen LogP contribution in [0.25, 0.3) is 0 Å². The number of amides is 1.